The molecule has 1 heterocycles. The van der Waals surface area contributed by atoms with Crippen LogP contribution in [0, 0.1) is 0 Å². The van der Waals surface area contributed by atoms with Crippen molar-refractivity contribution in [3.63, 3.8) is 0 Å². The molecular weight excluding hydrogens is 280 g/mol. The van der Waals surface area contributed by atoms with Crippen LogP contribution >= 0.6 is 11.6 Å². The second kappa shape index (κ2) is 7.47. The quantitative estimate of drug-likeness (QED) is 0.766. The number of aliphatic hydroxyl groups excluding tert-OH is 1. The number of amides is 1. The molecule has 1 saturated heterocycles. The molecule has 1 amide bonds. The zero-order valence-electron chi connectivity index (χ0n) is 11.3. The summed E-state index contributed by atoms with van der Waals surface area (Å²) in [7, 11) is 0. The fourth-order valence-corrected chi connectivity index (χ4v) is 2.37. The maximum Gasteiger partial charge on any atom is 0.260 e. The zero-order chi connectivity index (χ0) is 14.4. The zero-order valence-corrected chi connectivity index (χ0v) is 12.1. The average molecular weight is 300 g/mol. The lowest BCUT2D eigenvalue weighted by Crippen LogP contribution is -3.15. The van der Waals surface area contributed by atoms with Crippen LogP contribution in [0.5, 0.6) is 5.75 Å². The molecule has 110 valence electrons. The van der Waals surface area contributed by atoms with Crippen molar-refractivity contribution < 1.29 is 19.5 Å². The molecule has 2 rings (SSSR count). The molecule has 1 fully saturated rings. The van der Waals surface area contributed by atoms with E-state index in [-0.39, 0.29) is 19.1 Å². The summed E-state index contributed by atoms with van der Waals surface area (Å²) in [6.07, 6.45) is 0. The summed E-state index contributed by atoms with van der Waals surface area (Å²) < 4.78 is 5.45. The topological polar surface area (TPSA) is 54.2 Å². The standard InChI is InChI=1S/C14H19ClN2O3/c15-12-1-3-13(4-2-12)20-11-14(19)17-7-5-16(6-8-17)9-10-18/h1-4,18H,5-11H2/p+1. The number of carbonyl (C=O) groups is 1. The third-order valence-electron chi connectivity index (χ3n) is 3.46. The van der Waals surface area contributed by atoms with Gasteiger partial charge in [-0.1, -0.05) is 11.6 Å². The molecule has 0 spiro atoms. The lowest BCUT2D eigenvalue weighted by Gasteiger charge is -2.31. The molecule has 6 heteroatoms. The van der Waals surface area contributed by atoms with Crippen molar-refractivity contribution in [3.8, 4) is 5.75 Å². The van der Waals surface area contributed by atoms with Gasteiger partial charge in [-0.2, -0.15) is 0 Å². The first-order valence-electron chi connectivity index (χ1n) is 6.79. The maximum atomic E-state index is 12.0. The van der Waals surface area contributed by atoms with E-state index in [0.29, 0.717) is 10.8 Å². The highest BCUT2D eigenvalue weighted by Crippen LogP contribution is 2.15. The van der Waals surface area contributed by atoms with E-state index in [0.717, 1.165) is 32.7 Å². The molecule has 0 aliphatic carbocycles. The Balaban J connectivity index is 1.74. The smallest absolute Gasteiger partial charge is 0.260 e. The summed E-state index contributed by atoms with van der Waals surface area (Å²) in [6.45, 7) is 4.21. The Morgan fingerprint density at radius 2 is 1.95 bits per heavy atom. The first-order chi connectivity index (χ1) is 9.69. The first-order valence-corrected chi connectivity index (χ1v) is 7.17. The maximum absolute atomic E-state index is 12.0. The second-order valence-corrected chi connectivity index (χ2v) is 5.28. The van der Waals surface area contributed by atoms with E-state index in [1.54, 1.807) is 24.3 Å². The summed E-state index contributed by atoms with van der Waals surface area (Å²) in [4.78, 5) is 15.2. The van der Waals surface area contributed by atoms with Gasteiger partial charge in [-0.3, -0.25) is 4.79 Å². The molecule has 1 aliphatic heterocycles. The molecule has 0 aromatic heterocycles. The number of ether oxygens (including phenoxy) is 1. The number of quaternary nitrogens is 1. The summed E-state index contributed by atoms with van der Waals surface area (Å²) in [5.41, 5.74) is 0. The number of nitrogens with zero attached hydrogens (tertiary/aromatic N) is 1. The van der Waals surface area contributed by atoms with Gasteiger partial charge in [0.2, 0.25) is 0 Å². The van der Waals surface area contributed by atoms with E-state index in [1.807, 2.05) is 4.90 Å². The Hall–Kier alpha value is -1.30. The van der Waals surface area contributed by atoms with Gasteiger partial charge in [0.05, 0.1) is 32.8 Å². The van der Waals surface area contributed by atoms with Crippen LogP contribution in [0.25, 0.3) is 0 Å². The van der Waals surface area contributed by atoms with Crippen molar-refractivity contribution in [2.24, 2.45) is 0 Å². The van der Waals surface area contributed by atoms with Gasteiger partial charge in [0.1, 0.15) is 12.3 Å². The number of rotatable bonds is 5. The molecule has 0 saturated carbocycles. The summed E-state index contributed by atoms with van der Waals surface area (Å²) in [5.74, 6) is 0.648. The highest BCUT2D eigenvalue weighted by Gasteiger charge is 2.23. The lowest BCUT2D eigenvalue weighted by molar-refractivity contribution is -0.904. The Morgan fingerprint density at radius 1 is 1.30 bits per heavy atom. The summed E-state index contributed by atoms with van der Waals surface area (Å²) >= 11 is 5.78. The summed E-state index contributed by atoms with van der Waals surface area (Å²) in [6, 6.07) is 6.97. The monoisotopic (exact) mass is 299 g/mol. The van der Waals surface area contributed by atoms with Crippen molar-refractivity contribution >= 4 is 17.5 Å². The van der Waals surface area contributed by atoms with Gasteiger partial charge in [0, 0.05) is 5.02 Å². The third kappa shape index (κ3) is 4.37. The Kier molecular flexibility index (Phi) is 5.64. The van der Waals surface area contributed by atoms with Crippen LogP contribution in [0.15, 0.2) is 24.3 Å². The molecule has 0 bridgehead atoms. The fraction of sp³-hybridized carbons (Fsp3) is 0.500. The van der Waals surface area contributed by atoms with Crippen molar-refractivity contribution in [3.05, 3.63) is 29.3 Å². The minimum absolute atomic E-state index is 0.00278. The first kappa shape index (κ1) is 15.1. The number of hydrogen-bond donors (Lipinski definition) is 2. The number of piperazine rings is 1. The molecule has 20 heavy (non-hydrogen) atoms. The van der Waals surface area contributed by atoms with Crippen LogP contribution in [0.1, 0.15) is 0 Å². The summed E-state index contributed by atoms with van der Waals surface area (Å²) in [5, 5.41) is 9.54. The number of benzene rings is 1. The molecule has 1 aliphatic rings. The van der Waals surface area contributed by atoms with Crippen molar-refractivity contribution in [1.29, 1.82) is 0 Å². The molecular formula is C14H20ClN2O3+. The number of hydrogen-bond acceptors (Lipinski definition) is 3. The van der Waals surface area contributed by atoms with E-state index in [1.165, 1.54) is 4.90 Å². The van der Waals surface area contributed by atoms with E-state index in [9.17, 15) is 4.79 Å². The van der Waals surface area contributed by atoms with Crippen molar-refractivity contribution in [1.82, 2.24) is 4.90 Å². The van der Waals surface area contributed by atoms with Gasteiger partial charge >= 0.3 is 0 Å². The number of aliphatic hydroxyl groups is 1. The molecule has 1 aromatic rings. The number of nitrogens with one attached hydrogen (secondary N) is 1. The van der Waals surface area contributed by atoms with Gasteiger partial charge in [-0.15, -0.1) is 0 Å². The number of halogens is 1. The Morgan fingerprint density at radius 3 is 2.55 bits per heavy atom. The minimum Gasteiger partial charge on any atom is -0.484 e. The molecule has 1 aromatic carbocycles. The van der Waals surface area contributed by atoms with E-state index >= 15 is 0 Å². The van der Waals surface area contributed by atoms with Crippen molar-refractivity contribution in [2.75, 3.05) is 45.9 Å². The van der Waals surface area contributed by atoms with E-state index in [4.69, 9.17) is 21.4 Å². The van der Waals surface area contributed by atoms with Gasteiger partial charge < -0.3 is 19.6 Å². The van der Waals surface area contributed by atoms with Crippen LogP contribution in [-0.4, -0.2) is 61.9 Å². The van der Waals surface area contributed by atoms with Gasteiger partial charge in [-0.05, 0) is 24.3 Å². The van der Waals surface area contributed by atoms with Crippen LogP contribution < -0.4 is 9.64 Å². The van der Waals surface area contributed by atoms with Crippen LogP contribution in [0.3, 0.4) is 0 Å². The van der Waals surface area contributed by atoms with Gasteiger partial charge in [-0.25, -0.2) is 0 Å². The normalized spacial score (nSPS) is 16.2. The second-order valence-electron chi connectivity index (χ2n) is 4.85. The van der Waals surface area contributed by atoms with Crippen molar-refractivity contribution in [2.45, 2.75) is 0 Å². The predicted octanol–water partition coefficient (Wildman–Crippen LogP) is -0.562. The van der Waals surface area contributed by atoms with Gasteiger partial charge in [0.15, 0.2) is 6.61 Å². The van der Waals surface area contributed by atoms with Crippen LogP contribution in [-0.2, 0) is 4.79 Å². The van der Waals surface area contributed by atoms with Gasteiger partial charge in [0.25, 0.3) is 5.91 Å². The molecule has 0 atom stereocenters. The number of carbonyl (C=O) groups excluding carboxylic acids is 1. The SMILES string of the molecule is O=C(COc1ccc(Cl)cc1)N1CC[NH+](CCO)CC1. The largest absolute Gasteiger partial charge is 0.484 e. The molecule has 2 N–H and O–H groups in total. The minimum atomic E-state index is 0.00278. The highest BCUT2D eigenvalue weighted by atomic mass is 35.5. The Labute approximate surface area is 123 Å². The average Bonchev–Trinajstić information content (AvgIpc) is 2.47. The molecule has 0 unspecified atom stereocenters. The van der Waals surface area contributed by atoms with Crippen LogP contribution in [0.2, 0.25) is 5.02 Å². The fourth-order valence-electron chi connectivity index (χ4n) is 2.25. The predicted molar refractivity (Wildman–Crippen MR) is 76.2 cm³/mol. The third-order valence-corrected chi connectivity index (χ3v) is 3.72. The molecule has 5 nitrogen and oxygen atoms in total. The van der Waals surface area contributed by atoms with E-state index in [2.05, 4.69) is 0 Å². The van der Waals surface area contributed by atoms with E-state index < -0.39 is 0 Å². The van der Waals surface area contributed by atoms with Crippen LogP contribution in [0.4, 0.5) is 0 Å². The Bertz CT molecular complexity index is 431. The lowest BCUT2D eigenvalue weighted by atomic mass is 10.3. The molecule has 0 radical (unpaired) electrons. The highest BCUT2D eigenvalue weighted by molar-refractivity contribution is 6.30.